The number of fused-ring (bicyclic) bond motifs is 1. The van der Waals surface area contributed by atoms with Crippen molar-refractivity contribution >= 4 is 28.8 Å². The van der Waals surface area contributed by atoms with E-state index in [0.29, 0.717) is 0 Å². The first-order valence-electron chi connectivity index (χ1n) is 8.86. The van der Waals surface area contributed by atoms with Crippen molar-refractivity contribution in [2.75, 3.05) is 0 Å². The third-order valence-electron chi connectivity index (χ3n) is 4.17. The quantitative estimate of drug-likeness (QED) is 0.500. The van der Waals surface area contributed by atoms with Crippen molar-refractivity contribution in [3.63, 3.8) is 0 Å². The number of benzene rings is 2. The zero-order valence-corrected chi connectivity index (χ0v) is 15.9. The van der Waals surface area contributed by atoms with Crippen molar-refractivity contribution in [3.05, 3.63) is 102 Å². The number of para-hydroxylation sites is 1. The average Bonchev–Trinajstić information content (AvgIpc) is 3.00. The number of nitrogens with zero attached hydrogens (tertiary/aromatic N) is 1. The molecule has 0 aliphatic heterocycles. The van der Waals surface area contributed by atoms with Crippen LogP contribution < -0.4 is 10.6 Å². The highest BCUT2D eigenvalue weighted by atomic mass is 15.0. The second kappa shape index (κ2) is 10.8. The second-order valence-corrected chi connectivity index (χ2v) is 5.97. The molecule has 140 valence electrons. The third-order valence-corrected chi connectivity index (χ3v) is 4.17. The summed E-state index contributed by atoms with van der Waals surface area (Å²) < 4.78 is 2.19. The molecule has 2 aromatic carbocycles. The van der Waals surface area contributed by atoms with Crippen LogP contribution in [0.2, 0.25) is 0 Å². The minimum absolute atomic E-state index is 0. The number of allylic oxidation sites excluding steroid dienone is 4. The molecular weight excluding hydrogens is 326 g/mol. The largest absolute Gasteiger partial charge is 0.310 e. The summed E-state index contributed by atoms with van der Waals surface area (Å²) in [5.74, 6) is 0. The molecule has 27 heavy (non-hydrogen) atoms. The van der Waals surface area contributed by atoms with Crippen LogP contribution in [0.4, 0.5) is 0 Å². The molecule has 0 aliphatic rings. The van der Waals surface area contributed by atoms with Crippen molar-refractivity contribution in [1.82, 2.24) is 4.57 Å². The Bertz CT molecular complexity index is 1030. The Morgan fingerprint density at radius 2 is 1.56 bits per heavy atom. The van der Waals surface area contributed by atoms with E-state index in [0.717, 1.165) is 5.70 Å². The monoisotopic (exact) mass is 357 g/mol. The lowest BCUT2D eigenvalue weighted by atomic mass is 10.2. The van der Waals surface area contributed by atoms with Crippen molar-refractivity contribution < 1.29 is 0 Å². The fourth-order valence-corrected chi connectivity index (χ4v) is 2.97. The SMILES string of the molecule is C.C=C/C=C\C(=C)n1c(=C/C)/c(=C\C)c2ccccc21.Cc1ccccc1. The Kier molecular flexibility index (Phi) is 8.81. The molecule has 0 bridgehead atoms. The van der Waals surface area contributed by atoms with Gasteiger partial charge in [-0.25, -0.2) is 0 Å². The molecule has 3 rings (SSSR count). The van der Waals surface area contributed by atoms with Crippen LogP contribution in [0.1, 0.15) is 26.8 Å². The Labute approximate surface area is 164 Å². The summed E-state index contributed by atoms with van der Waals surface area (Å²) in [5, 5.41) is 3.69. The Morgan fingerprint density at radius 3 is 2.07 bits per heavy atom. The molecule has 0 spiro atoms. The Morgan fingerprint density at radius 1 is 0.926 bits per heavy atom. The van der Waals surface area contributed by atoms with E-state index >= 15 is 0 Å². The van der Waals surface area contributed by atoms with Gasteiger partial charge >= 0.3 is 0 Å². The lowest BCUT2D eigenvalue weighted by molar-refractivity contribution is 1.11. The summed E-state index contributed by atoms with van der Waals surface area (Å²) in [6.45, 7) is 14.1. The Balaban J connectivity index is 0.000000385. The third kappa shape index (κ3) is 5.21. The maximum absolute atomic E-state index is 4.16. The van der Waals surface area contributed by atoms with Crippen molar-refractivity contribution in [2.24, 2.45) is 0 Å². The molecule has 1 heteroatoms. The fraction of sp³-hybridized carbons (Fsp3) is 0.154. The van der Waals surface area contributed by atoms with Crippen LogP contribution in [0.5, 0.6) is 0 Å². The molecule has 1 nitrogen and oxygen atoms in total. The van der Waals surface area contributed by atoms with E-state index in [1.807, 2.05) is 30.4 Å². The first-order valence-corrected chi connectivity index (χ1v) is 8.86. The van der Waals surface area contributed by atoms with Crippen molar-refractivity contribution in [2.45, 2.75) is 28.2 Å². The molecule has 0 N–H and O–H groups in total. The zero-order chi connectivity index (χ0) is 18.9. The zero-order valence-electron chi connectivity index (χ0n) is 15.9. The van der Waals surface area contributed by atoms with E-state index in [1.54, 1.807) is 6.08 Å². The summed E-state index contributed by atoms with van der Waals surface area (Å²) in [4.78, 5) is 0. The summed E-state index contributed by atoms with van der Waals surface area (Å²) in [6.07, 6.45) is 9.93. The van der Waals surface area contributed by atoms with Gasteiger partial charge < -0.3 is 4.57 Å². The van der Waals surface area contributed by atoms with Crippen molar-refractivity contribution in [3.8, 4) is 0 Å². The lowest BCUT2D eigenvalue weighted by Crippen LogP contribution is -2.27. The summed E-state index contributed by atoms with van der Waals surface area (Å²) in [5.41, 5.74) is 3.45. The van der Waals surface area contributed by atoms with Crippen LogP contribution in [0.15, 0.2) is 86.0 Å². The predicted octanol–water partition coefficient (Wildman–Crippen LogP) is 6.09. The van der Waals surface area contributed by atoms with Crippen LogP contribution in [0.25, 0.3) is 28.8 Å². The van der Waals surface area contributed by atoms with Crippen LogP contribution in [0.3, 0.4) is 0 Å². The van der Waals surface area contributed by atoms with Gasteiger partial charge in [-0.2, -0.15) is 0 Å². The molecule has 0 atom stereocenters. The van der Waals surface area contributed by atoms with Gasteiger partial charge in [-0.3, -0.25) is 0 Å². The minimum atomic E-state index is 0. The summed E-state index contributed by atoms with van der Waals surface area (Å²) >= 11 is 0. The van der Waals surface area contributed by atoms with E-state index in [2.05, 4.69) is 87.0 Å². The van der Waals surface area contributed by atoms with E-state index in [9.17, 15) is 0 Å². The summed E-state index contributed by atoms with van der Waals surface area (Å²) in [6, 6.07) is 18.7. The Hall–Kier alpha value is -3.06. The molecule has 3 aromatic rings. The molecule has 0 saturated heterocycles. The number of aromatic nitrogens is 1. The maximum Gasteiger partial charge on any atom is 0.0540 e. The first-order chi connectivity index (χ1) is 12.6. The van der Waals surface area contributed by atoms with E-state index in [-0.39, 0.29) is 7.43 Å². The normalized spacial score (nSPS) is 11.8. The highest BCUT2D eigenvalue weighted by Crippen LogP contribution is 2.13. The molecule has 0 fully saturated rings. The van der Waals surface area contributed by atoms with E-state index in [4.69, 9.17) is 0 Å². The van der Waals surface area contributed by atoms with Gasteiger partial charge in [0.15, 0.2) is 0 Å². The molecule has 1 heterocycles. The highest BCUT2D eigenvalue weighted by molar-refractivity contribution is 5.86. The van der Waals surface area contributed by atoms with Crippen LogP contribution >= 0.6 is 0 Å². The average molecular weight is 358 g/mol. The molecule has 0 aliphatic carbocycles. The van der Waals surface area contributed by atoms with Gasteiger partial charge in [-0.1, -0.05) is 99.0 Å². The van der Waals surface area contributed by atoms with Gasteiger partial charge in [0.25, 0.3) is 0 Å². The van der Waals surface area contributed by atoms with Crippen molar-refractivity contribution in [1.29, 1.82) is 0 Å². The van der Waals surface area contributed by atoms with Crippen LogP contribution in [0, 0.1) is 6.92 Å². The highest BCUT2D eigenvalue weighted by Gasteiger charge is 2.06. The molecule has 0 radical (unpaired) electrons. The van der Waals surface area contributed by atoms with E-state index in [1.165, 1.54) is 27.0 Å². The smallest absolute Gasteiger partial charge is 0.0540 e. The lowest BCUT2D eigenvalue weighted by Gasteiger charge is -2.05. The van der Waals surface area contributed by atoms with E-state index < -0.39 is 0 Å². The first kappa shape index (κ1) is 22.0. The van der Waals surface area contributed by atoms with Gasteiger partial charge in [-0.15, -0.1) is 0 Å². The standard InChI is InChI=1S/C18H19N.C7H8.CH4/c1-5-8-11-14(4)19-17(7-3)15(6-2)16-12-9-10-13-18(16)19;1-7-5-3-2-4-6-7;/h5-13H,1,4H2,2-3H3;2-6H,1H3;1H4/b11-8-,15-6-,17-7+;;. The summed E-state index contributed by atoms with van der Waals surface area (Å²) in [7, 11) is 0. The minimum Gasteiger partial charge on any atom is -0.310 e. The topological polar surface area (TPSA) is 4.93 Å². The van der Waals surface area contributed by atoms with Gasteiger partial charge in [-0.05, 0) is 32.9 Å². The molecule has 1 aromatic heterocycles. The molecular formula is C26H31N. The van der Waals surface area contributed by atoms with Gasteiger partial charge in [0.05, 0.1) is 5.52 Å². The van der Waals surface area contributed by atoms with Gasteiger partial charge in [0.2, 0.25) is 0 Å². The molecule has 0 unspecified atom stereocenters. The maximum atomic E-state index is 4.16. The van der Waals surface area contributed by atoms with Gasteiger partial charge in [0, 0.05) is 21.7 Å². The number of rotatable bonds is 3. The number of aryl methyl sites for hydroxylation is 1. The number of hydrogen-bond acceptors (Lipinski definition) is 0. The molecule has 0 saturated carbocycles. The number of hydrogen-bond donors (Lipinski definition) is 0. The van der Waals surface area contributed by atoms with Gasteiger partial charge in [0.1, 0.15) is 0 Å². The van der Waals surface area contributed by atoms with Crippen LogP contribution in [-0.2, 0) is 0 Å². The predicted molar refractivity (Wildman–Crippen MR) is 124 cm³/mol. The van der Waals surface area contributed by atoms with Crippen LogP contribution in [-0.4, -0.2) is 4.57 Å². The fourth-order valence-electron chi connectivity index (χ4n) is 2.97. The molecule has 0 amide bonds. The second-order valence-electron chi connectivity index (χ2n) is 5.97.